The molecule has 0 aliphatic carbocycles. The molecular weight excluding hydrogens is 130 g/mol. The van der Waals surface area contributed by atoms with Crippen molar-refractivity contribution in [1.29, 1.82) is 5.41 Å². The number of rotatable bonds is 0. The van der Waals surface area contributed by atoms with E-state index in [9.17, 15) is 0 Å². The molecule has 0 unspecified atom stereocenters. The van der Waals surface area contributed by atoms with E-state index in [1.807, 2.05) is 0 Å². The molecule has 0 aromatic carbocycles. The van der Waals surface area contributed by atoms with Gasteiger partial charge in [-0.25, -0.2) is 9.98 Å². The first-order valence-electron chi connectivity index (χ1n) is 2.69. The fourth-order valence-electron chi connectivity index (χ4n) is 0.708. The maximum Gasteiger partial charge on any atom is 0.202 e. The van der Waals surface area contributed by atoms with Gasteiger partial charge in [-0.15, -0.1) is 10.2 Å². The van der Waals surface area contributed by atoms with Crippen LogP contribution in [0, 0.1) is 5.41 Å². The van der Waals surface area contributed by atoms with Crippen molar-refractivity contribution >= 4 is 18.0 Å². The lowest BCUT2D eigenvalue weighted by Crippen LogP contribution is -2.01. The van der Waals surface area contributed by atoms with Crippen molar-refractivity contribution < 1.29 is 0 Å². The second kappa shape index (κ2) is 1.66. The maximum absolute atomic E-state index is 7.07. The Balaban J connectivity index is 2.51. The van der Waals surface area contributed by atoms with Crippen LogP contribution in [0.4, 0.5) is 0 Å². The van der Waals surface area contributed by atoms with Gasteiger partial charge in [0, 0.05) is 6.08 Å². The molecule has 0 aromatic heterocycles. The Kier molecular flexibility index (Phi) is 0.858. The minimum atomic E-state index is 0.119. The van der Waals surface area contributed by atoms with Gasteiger partial charge in [0.2, 0.25) is 5.84 Å². The van der Waals surface area contributed by atoms with E-state index in [1.165, 1.54) is 12.4 Å². The van der Waals surface area contributed by atoms with Crippen molar-refractivity contribution in [1.82, 2.24) is 0 Å². The highest BCUT2D eigenvalue weighted by Crippen LogP contribution is 2.11. The molecule has 0 atom stereocenters. The van der Waals surface area contributed by atoms with E-state index in [4.69, 9.17) is 5.41 Å². The predicted molar refractivity (Wildman–Crippen MR) is 36.6 cm³/mol. The molecule has 0 saturated carbocycles. The fraction of sp³-hybridized carbons (Fsp3) is 0. The lowest BCUT2D eigenvalue weighted by Gasteiger charge is -1.97. The van der Waals surface area contributed by atoms with Gasteiger partial charge in [-0.3, -0.25) is 5.41 Å². The van der Waals surface area contributed by atoms with Gasteiger partial charge < -0.3 is 0 Å². The molecule has 0 radical (unpaired) electrons. The van der Waals surface area contributed by atoms with Gasteiger partial charge in [0.25, 0.3) is 0 Å². The summed E-state index contributed by atoms with van der Waals surface area (Å²) in [5, 5.41) is 14.2. The van der Waals surface area contributed by atoms with Crippen LogP contribution in [0.15, 0.2) is 32.0 Å². The molecule has 0 aromatic rings. The number of nitrogens with one attached hydrogen (secondary N) is 1. The number of nitrogens with zero attached hydrogens (tertiary/aromatic N) is 4. The van der Waals surface area contributed by atoms with E-state index in [1.54, 1.807) is 0 Å². The zero-order chi connectivity index (χ0) is 6.97. The van der Waals surface area contributed by atoms with E-state index >= 15 is 0 Å². The third kappa shape index (κ3) is 0.604. The van der Waals surface area contributed by atoms with Crippen LogP contribution < -0.4 is 0 Å². The van der Waals surface area contributed by atoms with Crippen LogP contribution in [0.1, 0.15) is 0 Å². The van der Waals surface area contributed by atoms with E-state index in [0.29, 0.717) is 11.5 Å². The quantitative estimate of drug-likeness (QED) is 0.506. The molecule has 0 saturated heterocycles. The van der Waals surface area contributed by atoms with Gasteiger partial charge >= 0.3 is 0 Å². The highest BCUT2D eigenvalue weighted by Gasteiger charge is 2.13. The van der Waals surface area contributed by atoms with Crippen LogP contribution in [0.5, 0.6) is 0 Å². The Labute approximate surface area is 56.4 Å². The number of azo groups is 1. The molecule has 48 valence electrons. The molecule has 1 N–H and O–H groups in total. The van der Waals surface area contributed by atoms with Gasteiger partial charge in [0.1, 0.15) is 12.0 Å². The molecule has 10 heavy (non-hydrogen) atoms. The van der Waals surface area contributed by atoms with Crippen LogP contribution >= 0.6 is 0 Å². The zero-order valence-electron chi connectivity index (χ0n) is 4.94. The molecular formula is C5H3N5. The average molecular weight is 133 g/mol. The van der Waals surface area contributed by atoms with Crippen LogP contribution in [-0.2, 0) is 0 Å². The van der Waals surface area contributed by atoms with Crippen molar-refractivity contribution in [2.45, 2.75) is 0 Å². The number of hydrogen-bond acceptors (Lipinski definition) is 4. The number of amidine groups is 2. The topological polar surface area (TPSA) is 73.3 Å². The Morgan fingerprint density at radius 1 is 1.30 bits per heavy atom. The van der Waals surface area contributed by atoms with Gasteiger partial charge in [-0.05, 0) is 0 Å². The number of aliphatic imine (C=N–C) groups is 2. The Morgan fingerprint density at radius 3 is 3.10 bits per heavy atom. The van der Waals surface area contributed by atoms with Crippen molar-refractivity contribution in [2.75, 3.05) is 0 Å². The minimum Gasteiger partial charge on any atom is -0.281 e. The smallest absolute Gasteiger partial charge is 0.202 e. The normalized spacial score (nSPS) is 20.6. The molecule has 5 nitrogen and oxygen atoms in total. The molecule has 0 bridgehead atoms. The van der Waals surface area contributed by atoms with E-state index < -0.39 is 0 Å². The van der Waals surface area contributed by atoms with Crippen LogP contribution in [0.3, 0.4) is 0 Å². The SMILES string of the molecule is N=C1C=C2N=CN=C2N=N1. The van der Waals surface area contributed by atoms with Gasteiger partial charge in [-0.2, -0.15) is 0 Å². The van der Waals surface area contributed by atoms with E-state index in [2.05, 4.69) is 20.2 Å². The van der Waals surface area contributed by atoms with E-state index in [0.717, 1.165) is 0 Å². The first kappa shape index (κ1) is 5.16. The van der Waals surface area contributed by atoms with Crippen molar-refractivity contribution in [3.05, 3.63) is 11.8 Å². The second-order valence-corrected chi connectivity index (χ2v) is 1.81. The van der Waals surface area contributed by atoms with Crippen LogP contribution in [0.2, 0.25) is 0 Å². The minimum absolute atomic E-state index is 0.119. The lowest BCUT2D eigenvalue weighted by atomic mass is 10.3. The summed E-state index contributed by atoms with van der Waals surface area (Å²) in [6.07, 6.45) is 2.92. The summed E-state index contributed by atoms with van der Waals surface area (Å²) in [7, 11) is 0. The summed E-state index contributed by atoms with van der Waals surface area (Å²) < 4.78 is 0. The largest absolute Gasteiger partial charge is 0.281 e. The Bertz CT molecular complexity index is 306. The molecule has 0 fully saturated rings. The van der Waals surface area contributed by atoms with Gasteiger partial charge in [-0.1, -0.05) is 0 Å². The van der Waals surface area contributed by atoms with Crippen molar-refractivity contribution in [3.8, 4) is 0 Å². The molecule has 0 spiro atoms. The summed E-state index contributed by atoms with van der Waals surface area (Å²) in [5.41, 5.74) is 0.625. The van der Waals surface area contributed by atoms with Gasteiger partial charge in [0.15, 0.2) is 5.84 Å². The van der Waals surface area contributed by atoms with Gasteiger partial charge in [0.05, 0.1) is 0 Å². The van der Waals surface area contributed by atoms with E-state index in [-0.39, 0.29) is 5.84 Å². The predicted octanol–water partition coefficient (Wildman–Crippen LogP) is 0.754. The van der Waals surface area contributed by atoms with Crippen molar-refractivity contribution in [2.24, 2.45) is 20.2 Å². The average Bonchev–Trinajstić information content (AvgIpc) is 2.33. The standard InChI is InChI=1S/C5H3N5/c6-4-1-3-5(10-9-4)8-2-7-3/h1-2,6H. The Morgan fingerprint density at radius 2 is 2.20 bits per heavy atom. The monoisotopic (exact) mass is 133 g/mol. The maximum atomic E-state index is 7.07. The highest BCUT2D eigenvalue weighted by molar-refractivity contribution is 6.13. The Hall–Kier alpha value is -1.65. The molecule has 2 aliphatic rings. The van der Waals surface area contributed by atoms with Crippen LogP contribution in [-0.4, -0.2) is 18.0 Å². The molecule has 5 heteroatoms. The third-order valence-corrected chi connectivity index (χ3v) is 1.13. The first-order valence-corrected chi connectivity index (χ1v) is 2.69. The highest BCUT2D eigenvalue weighted by atomic mass is 15.2. The van der Waals surface area contributed by atoms with Crippen LogP contribution in [0.25, 0.3) is 0 Å². The summed E-state index contributed by atoms with van der Waals surface area (Å²) >= 11 is 0. The first-order chi connectivity index (χ1) is 4.86. The number of fused-ring (bicyclic) bond motifs is 1. The molecule has 0 amide bonds. The number of hydrogen-bond donors (Lipinski definition) is 1. The summed E-state index contributed by atoms with van der Waals surface area (Å²) in [4.78, 5) is 7.64. The summed E-state index contributed by atoms with van der Waals surface area (Å²) in [6, 6.07) is 0. The second-order valence-electron chi connectivity index (χ2n) is 1.81. The molecule has 2 aliphatic heterocycles. The lowest BCUT2D eigenvalue weighted by molar-refractivity contribution is 1.25. The third-order valence-electron chi connectivity index (χ3n) is 1.13. The molecule has 2 rings (SSSR count). The zero-order valence-corrected chi connectivity index (χ0v) is 4.94. The molecule has 2 heterocycles. The fourth-order valence-corrected chi connectivity index (χ4v) is 0.708. The van der Waals surface area contributed by atoms with Crippen molar-refractivity contribution in [3.63, 3.8) is 0 Å². The summed E-state index contributed by atoms with van der Waals surface area (Å²) in [6.45, 7) is 0. The summed E-state index contributed by atoms with van der Waals surface area (Å²) in [5.74, 6) is 0.615.